The van der Waals surface area contributed by atoms with Crippen molar-refractivity contribution in [3.05, 3.63) is 40.9 Å². The predicted octanol–water partition coefficient (Wildman–Crippen LogP) is 2.57. The van der Waals surface area contributed by atoms with E-state index in [2.05, 4.69) is 10.3 Å². The van der Waals surface area contributed by atoms with Gasteiger partial charge in [-0.2, -0.15) is 0 Å². The van der Waals surface area contributed by atoms with Gasteiger partial charge in [-0.25, -0.2) is 9.78 Å². The van der Waals surface area contributed by atoms with Crippen LogP contribution in [0.4, 0.5) is 0 Å². The van der Waals surface area contributed by atoms with E-state index in [1.807, 2.05) is 30.3 Å². The molecule has 1 aromatic heterocycles. The monoisotopic (exact) mass is 360 g/mol. The average molecular weight is 360 g/mol. The van der Waals surface area contributed by atoms with Crippen molar-refractivity contribution in [2.24, 2.45) is 0 Å². The standard InChI is InChI=1S/C18H20N2O4S/c1-12-16(25-17(20-12)13-6-3-2-4-7-13)18(22)24-11-15(21)19-10-14-8-5-9-23-14/h2-4,6-7,14H,5,8-11H2,1H3,(H,19,21)/t14-/m1/s1. The quantitative estimate of drug-likeness (QED) is 0.801. The molecule has 1 aliphatic heterocycles. The summed E-state index contributed by atoms with van der Waals surface area (Å²) in [5.74, 6) is -0.848. The molecule has 2 heterocycles. The smallest absolute Gasteiger partial charge is 0.350 e. The molecular weight excluding hydrogens is 340 g/mol. The second kappa shape index (κ2) is 8.22. The minimum atomic E-state index is -0.524. The normalized spacial score (nSPS) is 16.6. The summed E-state index contributed by atoms with van der Waals surface area (Å²) in [6.07, 6.45) is 2.03. The van der Waals surface area contributed by atoms with Gasteiger partial charge in [0.1, 0.15) is 9.88 Å². The van der Waals surface area contributed by atoms with Gasteiger partial charge in [-0.05, 0) is 19.8 Å². The number of rotatable bonds is 6. The summed E-state index contributed by atoms with van der Waals surface area (Å²) in [7, 11) is 0. The summed E-state index contributed by atoms with van der Waals surface area (Å²) in [6, 6.07) is 9.64. The highest BCUT2D eigenvalue weighted by molar-refractivity contribution is 7.17. The van der Waals surface area contributed by atoms with Crippen molar-refractivity contribution in [1.82, 2.24) is 10.3 Å². The van der Waals surface area contributed by atoms with Crippen LogP contribution in [0.5, 0.6) is 0 Å². The first-order chi connectivity index (χ1) is 12.1. The lowest BCUT2D eigenvalue weighted by Gasteiger charge is -2.10. The van der Waals surface area contributed by atoms with Crippen LogP contribution in [0.2, 0.25) is 0 Å². The predicted molar refractivity (Wildman–Crippen MR) is 94.6 cm³/mol. The van der Waals surface area contributed by atoms with Crippen molar-refractivity contribution in [2.75, 3.05) is 19.8 Å². The topological polar surface area (TPSA) is 77.5 Å². The van der Waals surface area contributed by atoms with Gasteiger partial charge in [-0.1, -0.05) is 30.3 Å². The third-order valence-corrected chi connectivity index (χ3v) is 5.07. The maximum absolute atomic E-state index is 12.2. The Morgan fingerprint density at radius 3 is 2.88 bits per heavy atom. The fourth-order valence-corrected chi connectivity index (χ4v) is 3.54. The van der Waals surface area contributed by atoms with Crippen LogP contribution in [-0.2, 0) is 14.3 Å². The van der Waals surface area contributed by atoms with E-state index < -0.39 is 5.97 Å². The molecule has 6 nitrogen and oxygen atoms in total. The third-order valence-electron chi connectivity index (χ3n) is 3.89. The van der Waals surface area contributed by atoms with Crippen LogP contribution in [0.3, 0.4) is 0 Å². The number of aryl methyl sites for hydroxylation is 1. The first-order valence-electron chi connectivity index (χ1n) is 8.22. The van der Waals surface area contributed by atoms with Crippen LogP contribution in [0, 0.1) is 6.92 Å². The van der Waals surface area contributed by atoms with Crippen LogP contribution >= 0.6 is 11.3 Å². The Morgan fingerprint density at radius 1 is 1.36 bits per heavy atom. The molecule has 1 N–H and O–H groups in total. The first kappa shape index (κ1) is 17.6. The maximum atomic E-state index is 12.2. The summed E-state index contributed by atoms with van der Waals surface area (Å²) in [5, 5.41) is 3.48. The molecule has 0 bridgehead atoms. The van der Waals surface area contributed by atoms with E-state index in [1.54, 1.807) is 6.92 Å². The Bertz CT molecular complexity index is 739. The van der Waals surface area contributed by atoms with Crippen LogP contribution in [0.1, 0.15) is 28.2 Å². The Balaban J connectivity index is 1.52. The minimum Gasteiger partial charge on any atom is -0.451 e. The van der Waals surface area contributed by atoms with E-state index in [0.717, 1.165) is 30.0 Å². The highest BCUT2D eigenvalue weighted by Gasteiger charge is 2.20. The molecule has 1 amide bonds. The zero-order valence-corrected chi connectivity index (χ0v) is 14.8. The number of nitrogens with zero attached hydrogens (tertiary/aromatic N) is 1. The molecule has 1 aliphatic rings. The lowest BCUT2D eigenvalue weighted by Crippen LogP contribution is -2.34. The van der Waals surface area contributed by atoms with Gasteiger partial charge >= 0.3 is 5.97 Å². The zero-order valence-electron chi connectivity index (χ0n) is 14.0. The second-order valence-electron chi connectivity index (χ2n) is 5.81. The number of thiazole rings is 1. The molecule has 0 radical (unpaired) electrons. The van der Waals surface area contributed by atoms with E-state index in [1.165, 1.54) is 11.3 Å². The molecule has 1 atom stereocenters. The summed E-state index contributed by atoms with van der Waals surface area (Å²) >= 11 is 1.27. The Morgan fingerprint density at radius 2 is 2.16 bits per heavy atom. The summed E-state index contributed by atoms with van der Waals surface area (Å²) < 4.78 is 10.5. The molecular formula is C18H20N2O4S. The minimum absolute atomic E-state index is 0.0665. The Hall–Kier alpha value is -2.25. The fraction of sp³-hybridized carbons (Fsp3) is 0.389. The van der Waals surface area contributed by atoms with Gasteiger partial charge in [0, 0.05) is 18.7 Å². The van der Waals surface area contributed by atoms with Crippen LogP contribution in [0.15, 0.2) is 30.3 Å². The molecule has 1 fully saturated rings. The molecule has 132 valence electrons. The van der Waals surface area contributed by atoms with Crippen molar-refractivity contribution in [2.45, 2.75) is 25.9 Å². The molecule has 2 aromatic rings. The van der Waals surface area contributed by atoms with Gasteiger partial charge in [0.2, 0.25) is 0 Å². The molecule has 3 rings (SSSR count). The number of benzene rings is 1. The number of carbonyl (C=O) groups excluding carboxylic acids is 2. The fourth-order valence-electron chi connectivity index (χ4n) is 2.57. The van der Waals surface area contributed by atoms with E-state index in [4.69, 9.17) is 9.47 Å². The van der Waals surface area contributed by atoms with Crippen LogP contribution in [-0.4, -0.2) is 42.7 Å². The molecule has 1 aromatic carbocycles. The second-order valence-corrected chi connectivity index (χ2v) is 6.81. The number of ether oxygens (including phenoxy) is 2. The van der Waals surface area contributed by atoms with Crippen molar-refractivity contribution < 1.29 is 19.1 Å². The molecule has 0 unspecified atom stereocenters. The van der Waals surface area contributed by atoms with E-state index >= 15 is 0 Å². The Labute approximate surface area is 150 Å². The summed E-state index contributed by atoms with van der Waals surface area (Å²) in [4.78, 5) is 28.8. The average Bonchev–Trinajstić information content (AvgIpc) is 3.28. The number of amides is 1. The summed E-state index contributed by atoms with van der Waals surface area (Å²) in [5.41, 5.74) is 1.55. The van der Waals surface area contributed by atoms with Crippen molar-refractivity contribution in [3.8, 4) is 10.6 Å². The van der Waals surface area contributed by atoms with Crippen molar-refractivity contribution in [3.63, 3.8) is 0 Å². The van der Waals surface area contributed by atoms with Crippen LogP contribution < -0.4 is 5.32 Å². The number of nitrogens with one attached hydrogen (secondary N) is 1. The third kappa shape index (κ3) is 4.64. The lowest BCUT2D eigenvalue weighted by atomic mass is 10.2. The molecule has 7 heteroatoms. The van der Waals surface area contributed by atoms with Gasteiger partial charge < -0.3 is 14.8 Å². The first-order valence-corrected chi connectivity index (χ1v) is 9.03. The van der Waals surface area contributed by atoms with Gasteiger partial charge in [0.15, 0.2) is 6.61 Å². The van der Waals surface area contributed by atoms with Gasteiger partial charge in [-0.15, -0.1) is 11.3 Å². The molecule has 0 aliphatic carbocycles. The van der Waals surface area contributed by atoms with Gasteiger partial charge in [-0.3, -0.25) is 4.79 Å². The maximum Gasteiger partial charge on any atom is 0.350 e. The van der Waals surface area contributed by atoms with E-state index in [9.17, 15) is 9.59 Å². The highest BCUT2D eigenvalue weighted by atomic mass is 32.1. The van der Waals surface area contributed by atoms with Crippen molar-refractivity contribution in [1.29, 1.82) is 0 Å². The van der Waals surface area contributed by atoms with Crippen LogP contribution in [0.25, 0.3) is 10.6 Å². The largest absolute Gasteiger partial charge is 0.451 e. The number of carbonyl (C=O) groups is 2. The number of hydrogen-bond acceptors (Lipinski definition) is 6. The van der Waals surface area contributed by atoms with Gasteiger partial charge in [0.25, 0.3) is 5.91 Å². The zero-order chi connectivity index (χ0) is 17.6. The SMILES string of the molecule is Cc1nc(-c2ccccc2)sc1C(=O)OCC(=O)NC[C@H]1CCCO1. The van der Waals surface area contributed by atoms with Crippen molar-refractivity contribution >= 4 is 23.2 Å². The highest BCUT2D eigenvalue weighted by Crippen LogP contribution is 2.28. The van der Waals surface area contributed by atoms with E-state index in [-0.39, 0.29) is 18.6 Å². The molecule has 25 heavy (non-hydrogen) atoms. The molecule has 0 saturated carbocycles. The Kier molecular flexibility index (Phi) is 5.78. The summed E-state index contributed by atoms with van der Waals surface area (Å²) in [6.45, 7) is 2.65. The van der Waals surface area contributed by atoms with Gasteiger partial charge in [0.05, 0.1) is 11.8 Å². The number of esters is 1. The van der Waals surface area contributed by atoms with E-state index in [0.29, 0.717) is 17.1 Å². The molecule has 0 spiro atoms. The lowest BCUT2D eigenvalue weighted by molar-refractivity contribution is -0.124. The number of hydrogen-bond donors (Lipinski definition) is 1. The number of aromatic nitrogens is 1. The molecule has 1 saturated heterocycles.